The second kappa shape index (κ2) is 5.72. The van der Waals surface area contributed by atoms with Gasteiger partial charge in [0, 0.05) is 31.4 Å². The van der Waals surface area contributed by atoms with Gasteiger partial charge < -0.3 is 15.3 Å². The molecule has 0 bridgehead atoms. The van der Waals surface area contributed by atoms with E-state index < -0.39 is 0 Å². The van der Waals surface area contributed by atoms with Crippen LogP contribution in [0.4, 0.5) is 5.69 Å². The highest BCUT2D eigenvalue weighted by molar-refractivity contribution is 5.55. The molecule has 1 saturated heterocycles. The molecule has 1 aliphatic rings. The van der Waals surface area contributed by atoms with E-state index in [0.717, 1.165) is 6.54 Å². The van der Waals surface area contributed by atoms with Crippen LogP contribution in [0.1, 0.15) is 32.3 Å². The first-order valence-corrected chi connectivity index (χ1v) is 6.83. The minimum atomic E-state index is -0.296. The predicted octanol–water partition coefficient (Wildman–Crippen LogP) is 1.97. The van der Waals surface area contributed by atoms with Crippen LogP contribution in [0.25, 0.3) is 0 Å². The fraction of sp³-hybridized carbons (Fsp3) is 0.600. The molecule has 1 aromatic carbocycles. The number of para-hydroxylation sites is 1. The van der Waals surface area contributed by atoms with E-state index in [9.17, 15) is 5.11 Å². The zero-order chi connectivity index (χ0) is 13.1. The Balaban J connectivity index is 2.28. The van der Waals surface area contributed by atoms with Crippen LogP contribution in [0.5, 0.6) is 0 Å². The Labute approximate surface area is 110 Å². The Kier molecular flexibility index (Phi) is 4.25. The van der Waals surface area contributed by atoms with Crippen LogP contribution < -0.4 is 10.2 Å². The van der Waals surface area contributed by atoms with Gasteiger partial charge in [0.25, 0.3) is 0 Å². The zero-order valence-corrected chi connectivity index (χ0v) is 11.6. The molecule has 2 atom stereocenters. The van der Waals surface area contributed by atoms with Gasteiger partial charge in [-0.3, -0.25) is 0 Å². The van der Waals surface area contributed by atoms with Crippen LogP contribution in [0.3, 0.4) is 0 Å². The molecule has 18 heavy (non-hydrogen) atoms. The molecule has 1 heterocycles. The lowest BCUT2D eigenvalue weighted by Crippen LogP contribution is -2.36. The molecule has 1 aromatic rings. The molecule has 3 heteroatoms. The van der Waals surface area contributed by atoms with Gasteiger partial charge in [-0.15, -0.1) is 0 Å². The van der Waals surface area contributed by atoms with Crippen molar-refractivity contribution in [2.75, 3.05) is 24.5 Å². The number of aliphatic hydroxyl groups is 1. The van der Waals surface area contributed by atoms with Gasteiger partial charge in [-0.1, -0.05) is 32.0 Å². The van der Waals surface area contributed by atoms with E-state index in [-0.39, 0.29) is 6.10 Å². The Hall–Kier alpha value is -1.06. The summed E-state index contributed by atoms with van der Waals surface area (Å²) < 4.78 is 0. The molecule has 2 N–H and O–H groups in total. The highest BCUT2D eigenvalue weighted by Gasteiger charge is 2.22. The first-order chi connectivity index (χ1) is 8.58. The molecule has 100 valence electrons. The maximum absolute atomic E-state index is 9.96. The average molecular weight is 248 g/mol. The standard InChI is InChI=1S/C15H24N2O/c1-11(2)14-6-4-5-7-15(14)17-9-12(3)16-8-13(18)10-17/h4-7,11-13,16,18H,8-10H2,1-3H3. The lowest BCUT2D eigenvalue weighted by Gasteiger charge is -2.29. The third kappa shape index (κ3) is 3.03. The SMILES string of the molecule is CC1CN(c2ccccc2C(C)C)CC(O)CN1. The van der Waals surface area contributed by atoms with Gasteiger partial charge in [0.2, 0.25) is 0 Å². The Morgan fingerprint density at radius 1 is 1.28 bits per heavy atom. The van der Waals surface area contributed by atoms with Crippen molar-refractivity contribution in [3.05, 3.63) is 29.8 Å². The van der Waals surface area contributed by atoms with Crippen molar-refractivity contribution in [3.63, 3.8) is 0 Å². The highest BCUT2D eigenvalue weighted by atomic mass is 16.3. The molecule has 0 radical (unpaired) electrons. The molecular formula is C15H24N2O. The van der Waals surface area contributed by atoms with Crippen LogP contribution in [0.15, 0.2) is 24.3 Å². The average Bonchev–Trinajstić information content (AvgIpc) is 2.51. The van der Waals surface area contributed by atoms with Crippen molar-refractivity contribution in [2.24, 2.45) is 0 Å². The largest absolute Gasteiger partial charge is 0.390 e. The number of hydrogen-bond donors (Lipinski definition) is 2. The Morgan fingerprint density at radius 2 is 2.00 bits per heavy atom. The summed E-state index contributed by atoms with van der Waals surface area (Å²) in [5.74, 6) is 0.505. The smallest absolute Gasteiger partial charge is 0.0839 e. The molecule has 0 amide bonds. The fourth-order valence-corrected chi connectivity index (χ4v) is 2.59. The summed E-state index contributed by atoms with van der Waals surface area (Å²) in [4.78, 5) is 2.31. The van der Waals surface area contributed by atoms with E-state index in [1.807, 2.05) is 0 Å². The van der Waals surface area contributed by atoms with E-state index >= 15 is 0 Å². The number of benzene rings is 1. The van der Waals surface area contributed by atoms with Gasteiger partial charge in [0.1, 0.15) is 0 Å². The molecule has 0 spiro atoms. The summed E-state index contributed by atoms with van der Waals surface area (Å²) in [6.45, 7) is 8.94. The van der Waals surface area contributed by atoms with Gasteiger partial charge in [-0.25, -0.2) is 0 Å². The second-order valence-corrected chi connectivity index (χ2v) is 5.58. The Bertz CT molecular complexity index is 380. The number of hydrogen-bond acceptors (Lipinski definition) is 3. The number of rotatable bonds is 2. The monoisotopic (exact) mass is 248 g/mol. The fourth-order valence-electron chi connectivity index (χ4n) is 2.59. The topological polar surface area (TPSA) is 35.5 Å². The Morgan fingerprint density at radius 3 is 2.72 bits per heavy atom. The van der Waals surface area contributed by atoms with Crippen molar-refractivity contribution in [3.8, 4) is 0 Å². The summed E-state index contributed by atoms with van der Waals surface area (Å²) in [6, 6.07) is 8.93. The van der Waals surface area contributed by atoms with Gasteiger partial charge in [0.15, 0.2) is 0 Å². The molecule has 1 aliphatic heterocycles. The molecule has 3 nitrogen and oxygen atoms in total. The molecule has 0 aliphatic carbocycles. The van der Waals surface area contributed by atoms with Gasteiger partial charge in [0.05, 0.1) is 6.10 Å². The van der Waals surface area contributed by atoms with E-state index in [1.54, 1.807) is 0 Å². The van der Waals surface area contributed by atoms with Crippen LogP contribution in [-0.4, -0.2) is 36.9 Å². The van der Waals surface area contributed by atoms with E-state index in [4.69, 9.17) is 0 Å². The summed E-state index contributed by atoms with van der Waals surface area (Å²) in [7, 11) is 0. The summed E-state index contributed by atoms with van der Waals surface area (Å²) in [5, 5.41) is 13.3. The summed E-state index contributed by atoms with van der Waals surface area (Å²) in [5.41, 5.74) is 2.63. The maximum Gasteiger partial charge on any atom is 0.0839 e. The van der Waals surface area contributed by atoms with Gasteiger partial charge in [-0.05, 0) is 24.5 Å². The van der Waals surface area contributed by atoms with Crippen LogP contribution in [0, 0.1) is 0 Å². The minimum Gasteiger partial charge on any atom is -0.390 e. The van der Waals surface area contributed by atoms with E-state index in [0.29, 0.717) is 25.0 Å². The number of aliphatic hydroxyl groups excluding tert-OH is 1. The molecule has 0 saturated carbocycles. The third-order valence-corrected chi connectivity index (χ3v) is 3.53. The first kappa shape index (κ1) is 13.4. The van der Waals surface area contributed by atoms with Crippen molar-refractivity contribution in [2.45, 2.75) is 38.8 Å². The normalized spacial score (nSPS) is 25.3. The first-order valence-electron chi connectivity index (χ1n) is 6.83. The molecule has 2 unspecified atom stereocenters. The number of β-amino-alcohol motifs (C(OH)–C–C–N with tert-alkyl or cyclic N) is 1. The molecule has 1 fully saturated rings. The van der Waals surface area contributed by atoms with Crippen LogP contribution in [0.2, 0.25) is 0 Å². The molecule has 0 aromatic heterocycles. The summed E-state index contributed by atoms with van der Waals surface area (Å²) >= 11 is 0. The highest BCUT2D eigenvalue weighted by Crippen LogP contribution is 2.28. The van der Waals surface area contributed by atoms with Crippen molar-refractivity contribution >= 4 is 5.69 Å². The van der Waals surface area contributed by atoms with Crippen molar-refractivity contribution in [1.29, 1.82) is 0 Å². The molecule has 2 rings (SSSR count). The van der Waals surface area contributed by atoms with Gasteiger partial charge >= 0.3 is 0 Å². The van der Waals surface area contributed by atoms with Gasteiger partial charge in [-0.2, -0.15) is 0 Å². The number of anilines is 1. The predicted molar refractivity (Wildman–Crippen MR) is 76.2 cm³/mol. The number of nitrogens with one attached hydrogen (secondary N) is 1. The quantitative estimate of drug-likeness (QED) is 0.840. The van der Waals surface area contributed by atoms with Crippen molar-refractivity contribution < 1.29 is 5.11 Å². The van der Waals surface area contributed by atoms with E-state index in [2.05, 4.69) is 55.3 Å². The van der Waals surface area contributed by atoms with Crippen LogP contribution >= 0.6 is 0 Å². The van der Waals surface area contributed by atoms with E-state index in [1.165, 1.54) is 11.3 Å². The van der Waals surface area contributed by atoms with Crippen LogP contribution in [-0.2, 0) is 0 Å². The minimum absolute atomic E-state index is 0.296. The third-order valence-electron chi connectivity index (χ3n) is 3.53. The second-order valence-electron chi connectivity index (χ2n) is 5.58. The zero-order valence-electron chi connectivity index (χ0n) is 11.6. The summed E-state index contributed by atoms with van der Waals surface area (Å²) in [6.07, 6.45) is -0.296. The lowest BCUT2D eigenvalue weighted by molar-refractivity contribution is 0.183. The van der Waals surface area contributed by atoms with Crippen molar-refractivity contribution in [1.82, 2.24) is 5.32 Å². The molecular weight excluding hydrogens is 224 g/mol. The maximum atomic E-state index is 9.96. The lowest BCUT2D eigenvalue weighted by atomic mass is 10.00. The number of nitrogens with zero attached hydrogens (tertiary/aromatic N) is 1.